The van der Waals surface area contributed by atoms with Crippen LogP contribution in [-0.4, -0.2) is 12.8 Å². The number of rotatable bonds is 7. The Morgan fingerprint density at radius 3 is 1.88 bits per heavy atom. The summed E-state index contributed by atoms with van der Waals surface area (Å²) in [5, 5.41) is 1.73. The van der Waals surface area contributed by atoms with Crippen LogP contribution in [0.2, 0.25) is 0 Å². The summed E-state index contributed by atoms with van der Waals surface area (Å²) in [5.41, 5.74) is 1.06. The van der Waals surface area contributed by atoms with Crippen molar-refractivity contribution in [1.29, 1.82) is 0 Å². The molecule has 0 bridgehead atoms. The van der Waals surface area contributed by atoms with E-state index in [0.29, 0.717) is 12.8 Å². The first kappa shape index (κ1) is 18.3. The van der Waals surface area contributed by atoms with Gasteiger partial charge in [0.05, 0.1) is 6.16 Å². The van der Waals surface area contributed by atoms with E-state index in [1.54, 1.807) is 0 Å². The maximum atomic E-state index is 14.0. The molecule has 0 saturated carbocycles. The van der Waals surface area contributed by atoms with Crippen LogP contribution in [0.1, 0.15) is 20.8 Å². The van der Waals surface area contributed by atoms with Crippen LogP contribution in [0.15, 0.2) is 84.1 Å². The number of allylic oxidation sites excluding steroid dienone is 3. The zero-order valence-corrected chi connectivity index (χ0v) is 15.5. The van der Waals surface area contributed by atoms with Gasteiger partial charge in [-0.2, -0.15) is 0 Å². The van der Waals surface area contributed by atoms with E-state index < -0.39 is 7.14 Å². The number of hydrogen-bond acceptors (Lipinski definition) is 2. The second kappa shape index (κ2) is 8.70. The predicted molar refractivity (Wildman–Crippen MR) is 104 cm³/mol. The van der Waals surface area contributed by atoms with Gasteiger partial charge in [0.2, 0.25) is 0 Å². The Morgan fingerprint density at radius 1 is 0.958 bits per heavy atom. The normalized spacial score (nSPS) is 11.5. The van der Waals surface area contributed by atoms with Crippen molar-refractivity contribution >= 4 is 17.8 Å². The van der Waals surface area contributed by atoms with Crippen molar-refractivity contribution in [2.24, 2.45) is 0 Å². The van der Waals surface area contributed by atoms with E-state index in [1.165, 1.54) is 0 Å². The fraction of sp³-hybridized carbons (Fsp3) is 0.238. The molecule has 0 spiro atoms. The summed E-state index contributed by atoms with van der Waals surface area (Å²) in [5.74, 6) is 0.809. The second-order valence-electron chi connectivity index (χ2n) is 5.87. The number of hydrogen-bond donors (Lipinski definition) is 0. The molecule has 0 fully saturated rings. The maximum absolute atomic E-state index is 14.0. The summed E-state index contributed by atoms with van der Waals surface area (Å²) in [7, 11) is -2.79. The van der Waals surface area contributed by atoms with Gasteiger partial charge in [-0.05, 0) is 26.3 Å². The monoisotopic (exact) mass is 340 g/mol. The van der Waals surface area contributed by atoms with Gasteiger partial charge < -0.3 is 9.30 Å². The summed E-state index contributed by atoms with van der Waals surface area (Å²) in [6.07, 6.45) is 4.32. The first-order valence-corrected chi connectivity index (χ1v) is 10.1. The van der Waals surface area contributed by atoms with Gasteiger partial charge in [0.15, 0.2) is 7.14 Å². The zero-order chi connectivity index (χ0) is 17.4. The minimum atomic E-state index is -2.79. The molecular formula is C21H25O2P. The highest BCUT2D eigenvalue weighted by Crippen LogP contribution is 2.45. The standard InChI is InChI=1S/C21H25O2P/c1-4-5-16-23-21(18(2)3)17-24(22,19-12-8-6-9-13-19)20-14-10-7-11-15-20/h4-15H,16-17H2,1-3H3/b5-4+. The van der Waals surface area contributed by atoms with Gasteiger partial charge in [-0.1, -0.05) is 72.8 Å². The fourth-order valence-electron chi connectivity index (χ4n) is 2.46. The summed E-state index contributed by atoms with van der Waals surface area (Å²) in [4.78, 5) is 0. The number of ether oxygens (including phenoxy) is 1. The van der Waals surface area contributed by atoms with Crippen molar-refractivity contribution in [1.82, 2.24) is 0 Å². The summed E-state index contributed by atoms with van der Waals surface area (Å²) in [6.45, 7) is 6.47. The lowest BCUT2D eigenvalue weighted by Gasteiger charge is -2.22. The van der Waals surface area contributed by atoms with Crippen molar-refractivity contribution in [2.75, 3.05) is 12.8 Å². The highest BCUT2D eigenvalue weighted by molar-refractivity contribution is 7.78. The smallest absolute Gasteiger partial charge is 0.150 e. The Kier molecular flexibility index (Phi) is 6.63. The first-order valence-electron chi connectivity index (χ1n) is 8.18. The van der Waals surface area contributed by atoms with Crippen molar-refractivity contribution in [3.05, 3.63) is 84.1 Å². The predicted octanol–water partition coefficient (Wildman–Crippen LogP) is 4.89. The molecular weight excluding hydrogens is 315 g/mol. The highest BCUT2D eigenvalue weighted by atomic mass is 31.2. The molecule has 0 aliphatic heterocycles. The van der Waals surface area contributed by atoms with Gasteiger partial charge in [-0.25, -0.2) is 0 Å². The van der Waals surface area contributed by atoms with E-state index >= 15 is 0 Å². The lowest BCUT2D eigenvalue weighted by Crippen LogP contribution is -2.20. The molecule has 0 radical (unpaired) electrons. The summed E-state index contributed by atoms with van der Waals surface area (Å²) >= 11 is 0. The highest BCUT2D eigenvalue weighted by Gasteiger charge is 2.29. The van der Waals surface area contributed by atoms with Crippen LogP contribution in [-0.2, 0) is 9.30 Å². The molecule has 0 aliphatic rings. The SMILES string of the molecule is C/C=C/COC(CP(=O)(c1ccccc1)c1ccccc1)=C(C)C. The third-order valence-corrected chi connectivity index (χ3v) is 6.86. The van der Waals surface area contributed by atoms with Gasteiger partial charge in [0.25, 0.3) is 0 Å². The molecule has 0 unspecified atom stereocenters. The molecule has 0 atom stereocenters. The van der Waals surface area contributed by atoms with Gasteiger partial charge in [0.1, 0.15) is 12.4 Å². The lowest BCUT2D eigenvalue weighted by atomic mass is 10.3. The topological polar surface area (TPSA) is 26.3 Å². The molecule has 2 aromatic carbocycles. The molecule has 0 saturated heterocycles. The average molecular weight is 340 g/mol. The molecule has 126 valence electrons. The molecule has 0 heterocycles. The molecule has 0 N–H and O–H groups in total. The fourth-order valence-corrected chi connectivity index (χ4v) is 5.25. The van der Waals surface area contributed by atoms with Crippen LogP contribution < -0.4 is 10.6 Å². The molecule has 2 aromatic rings. The van der Waals surface area contributed by atoms with E-state index in [-0.39, 0.29) is 0 Å². The molecule has 24 heavy (non-hydrogen) atoms. The van der Waals surface area contributed by atoms with E-state index in [1.807, 2.05) is 93.6 Å². The molecule has 2 rings (SSSR count). The quantitative estimate of drug-likeness (QED) is 0.408. The van der Waals surface area contributed by atoms with E-state index in [0.717, 1.165) is 21.9 Å². The van der Waals surface area contributed by atoms with Crippen molar-refractivity contribution in [2.45, 2.75) is 20.8 Å². The Balaban J connectivity index is 2.44. The van der Waals surface area contributed by atoms with Crippen LogP contribution >= 0.6 is 7.14 Å². The third kappa shape index (κ3) is 4.49. The Bertz CT molecular complexity index is 698. The minimum Gasteiger partial charge on any atom is -0.493 e. The van der Waals surface area contributed by atoms with Crippen LogP contribution in [0.3, 0.4) is 0 Å². The lowest BCUT2D eigenvalue weighted by molar-refractivity contribution is 0.246. The van der Waals surface area contributed by atoms with Crippen LogP contribution in [0, 0.1) is 0 Å². The molecule has 2 nitrogen and oxygen atoms in total. The van der Waals surface area contributed by atoms with Gasteiger partial charge >= 0.3 is 0 Å². The van der Waals surface area contributed by atoms with E-state index in [2.05, 4.69) is 0 Å². The zero-order valence-electron chi connectivity index (χ0n) is 14.6. The van der Waals surface area contributed by atoms with Crippen LogP contribution in [0.4, 0.5) is 0 Å². The Labute approximate surface area is 145 Å². The second-order valence-corrected chi connectivity index (χ2v) is 8.70. The maximum Gasteiger partial charge on any atom is 0.150 e. The van der Waals surface area contributed by atoms with E-state index in [4.69, 9.17) is 4.74 Å². The Hall–Kier alpha value is -2.05. The molecule has 0 amide bonds. The largest absolute Gasteiger partial charge is 0.493 e. The van der Waals surface area contributed by atoms with E-state index in [9.17, 15) is 4.57 Å². The van der Waals surface area contributed by atoms with Gasteiger partial charge in [0, 0.05) is 10.6 Å². The minimum absolute atomic E-state index is 0.404. The van der Waals surface area contributed by atoms with Crippen LogP contribution in [0.5, 0.6) is 0 Å². The molecule has 3 heteroatoms. The Morgan fingerprint density at radius 2 is 1.46 bits per heavy atom. The van der Waals surface area contributed by atoms with Gasteiger partial charge in [-0.3, -0.25) is 0 Å². The number of benzene rings is 2. The van der Waals surface area contributed by atoms with Crippen molar-refractivity contribution in [3.8, 4) is 0 Å². The molecule has 0 aliphatic carbocycles. The van der Waals surface area contributed by atoms with Gasteiger partial charge in [-0.15, -0.1) is 0 Å². The van der Waals surface area contributed by atoms with Crippen molar-refractivity contribution in [3.63, 3.8) is 0 Å². The van der Waals surface area contributed by atoms with Crippen LogP contribution in [0.25, 0.3) is 0 Å². The van der Waals surface area contributed by atoms with Crippen molar-refractivity contribution < 1.29 is 9.30 Å². The third-order valence-electron chi connectivity index (χ3n) is 3.86. The average Bonchev–Trinajstić information content (AvgIpc) is 2.62. The summed E-state index contributed by atoms with van der Waals surface area (Å²) < 4.78 is 19.9. The molecule has 0 aromatic heterocycles. The first-order chi connectivity index (χ1) is 11.6. The summed E-state index contributed by atoms with van der Waals surface area (Å²) in [6, 6.07) is 19.4.